The van der Waals surface area contributed by atoms with Crippen LogP contribution in [0.25, 0.3) is 0 Å². The molecule has 0 aromatic heterocycles. The second kappa shape index (κ2) is 6.61. The maximum Gasteiger partial charge on any atom is 0.269 e. The predicted molar refractivity (Wildman–Crippen MR) is 98.6 cm³/mol. The third-order valence-corrected chi connectivity index (χ3v) is 4.99. The van der Waals surface area contributed by atoms with Gasteiger partial charge < -0.3 is 14.9 Å². The van der Waals surface area contributed by atoms with Crippen LogP contribution >= 0.6 is 22.6 Å². The van der Waals surface area contributed by atoms with Gasteiger partial charge in [-0.15, -0.1) is 0 Å². The number of nitrogens with zero attached hydrogens (tertiary/aromatic N) is 3. The van der Waals surface area contributed by atoms with E-state index in [1.807, 2.05) is 12.1 Å². The number of nitro benzene ring substituents is 1. The van der Waals surface area contributed by atoms with Crippen molar-refractivity contribution in [2.24, 2.45) is 0 Å². The minimum Gasteiger partial charge on any atom is -0.508 e. The van der Waals surface area contributed by atoms with E-state index in [4.69, 9.17) is 0 Å². The molecular formula is C16H16IN3O3. The normalized spacial score (nSPS) is 18.0. The lowest BCUT2D eigenvalue weighted by Crippen LogP contribution is -2.50. The van der Waals surface area contributed by atoms with Gasteiger partial charge in [0.25, 0.3) is 5.69 Å². The number of non-ortho nitro benzene ring substituents is 1. The molecule has 1 atom stereocenters. The quantitative estimate of drug-likeness (QED) is 0.269. The number of phenolic OH excluding ortho intramolecular Hbond substituents is 1. The first kappa shape index (κ1) is 15.9. The molecule has 7 heteroatoms. The fourth-order valence-corrected chi connectivity index (χ4v) is 3.77. The molecule has 0 spiro atoms. The van der Waals surface area contributed by atoms with Crippen LogP contribution in [0.4, 0.5) is 17.1 Å². The van der Waals surface area contributed by atoms with Gasteiger partial charge in [0.2, 0.25) is 0 Å². The lowest BCUT2D eigenvalue weighted by Gasteiger charge is -2.41. The largest absolute Gasteiger partial charge is 0.508 e. The van der Waals surface area contributed by atoms with Gasteiger partial charge in [0, 0.05) is 43.1 Å². The van der Waals surface area contributed by atoms with Gasteiger partial charge in [0.1, 0.15) is 5.75 Å². The molecule has 0 amide bonds. The van der Waals surface area contributed by atoms with E-state index in [1.54, 1.807) is 36.4 Å². The Balaban J connectivity index is 1.70. The molecule has 3 rings (SSSR count). The zero-order valence-corrected chi connectivity index (χ0v) is 14.5. The van der Waals surface area contributed by atoms with Gasteiger partial charge in [-0.1, -0.05) is 22.6 Å². The number of phenols is 1. The van der Waals surface area contributed by atoms with Crippen LogP contribution in [0.3, 0.4) is 0 Å². The van der Waals surface area contributed by atoms with Crippen LogP contribution in [0.2, 0.25) is 0 Å². The van der Waals surface area contributed by atoms with Crippen LogP contribution in [0.15, 0.2) is 48.5 Å². The van der Waals surface area contributed by atoms with E-state index in [-0.39, 0.29) is 20.4 Å². The molecule has 6 nitrogen and oxygen atoms in total. The second-order valence-electron chi connectivity index (χ2n) is 5.36. The SMILES string of the molecule is O=[N+]([O-])c1ccc(N2CCN(c3ccc(O)cc3)C(I)C2)cc1. The molecule has 1 unspecified atom stereocenters. The van der Waals surface area contributed by atoms with E-state index in [9.17, 15) is 15.2 Å². The minimum atomic E-state index is -0.381. The van der Waals surface area contributed by atoms with Crippen LogP contribution in [-0.2, 0) is 0 Å². The molecule has 0 saturated carbocycles. The van der Waals surface area contributed by atoms with Crippen LogP contribution in [0, 0.1) is 10.1 Å². The van der Waals surface area contributed by atoms with Crippen molar-refractivity contribution in [3.63, 3.8) is 0 Å². The summed E-state index contributed by atoms with van der Waals surface area (Å²) in [5.41, 5.74) is 2.20. The van der Waals surface area contributed by atoms with E-state index in [0.717, 1.165) is 31.0 Å². The number of aromatic hydroxyl groups is 1. The number of piperazine rings is 1. The smallest absolute Gasteiger partial charge is 0.269 e. The molecule has 120 valence electrons. The van der Waals surface area contributed by atoms with Crippen LogP contribution in [0.1, 0.15) is 0 Å². The number of anilines is 2. The molecule has 1 N–H and O–H groups in total. The second-order valence-corrected chi connectivity index (χ2v) is 6.80. The zero-order valence-electron chi connectivity index (χ0n) is 12.3. The Labute approximate surface area is 147 Å². The highest BCUT2D eigenvalue weighted by Crippen LogP contribution is 2.28. The number of nitro groups is 1. The van der Waals surface area contributed by atoms with E-state index in [1.165, 1.54) is 0 Å². The predicted octanol–water partition coefficient (Wildman–Crippen LogP) is 3.39. The molecule has 1 aliphatic rings. The first-order chi connectivity index (χ1) is 11.0. The average Bonchev–Trinajstić information content (AvgIpc) is 2.56. The van der Waals surface area contributed by atoms with E-state index in [2.05, 4.69) is 32.4 Å². The maximum atomic E-state index is 10.7. The summed E-state index contributed by atoms with van der Waals surface area (Å²) in [5.74, 6) is 0.267. The Bertz CT molecular complexity index is 691. The van der Waals surface area contributed by atoms with Crippen LogP contribution in [0.5, 0.6) is 5.75 Å². The van der Waals surface area contributed by atoms with Crippen molar-refractivity contribution in [1.29, 1.82) is 0 Å². The van der Waals surface area contributed by atoms with Crippen LogP contribution < -0.4 is 9.80 Å². The summed E-state index contributed by atoms with van der Waals surface area (Å²) < 4.78 is 0.279. The summed E-state index contributed by atoms with van der Waals surface area (Å²) >= 11 is 2.40. The summed E-state index contributed by atoms with van der Waals surface area (Å²) in [6.07, 6.45) is 0. The van der Waals surface area contributed by atoms with Gasteiger partial charge in [-0.25, -0.2) is 0 Å². The molecule has 0 aliphatic carbocycles. The molecule has 2 aromatic carbocycles. The fraction of sp³-hybridized carbons (Fsp3) is 0.250. The van der Waals surface area contributed by atoms with E-state index < -0.39 is 0 Å². The highest BCUT2D eigenvalue weighted by atomic mass is 127. The van der Waals surface area contributed by atoms with Gasteiger partial charge in [-0.3, -0.25) is 10.1 Å². The molecule has 1 fully saturated rings. The Morgan fingerprint density at radius 1 is 1.04 bits per heavy atom. The summed E-state index contributed by atoms with van der Waals surface area (Å²) in [4.78, 5) is 14.9. The highest BCUT2D eigenvalue weighted by Gasteiger charge is 2.25. The van der Waals surface area contributed by atoms with Crippen molar-refractivity contribution in [1.82, 2.24) is 0 Å². The summed E-state index contributed by atoms with van der Waals surface area (Å²) in [6, 6.07) is 13.9. The fourth-order valence-electron chi connectivity index (χ4n) is 2.69. The minimum absolute atomic E-state index is 0.113. The number of hydrogen-bond donors (Lipinski definition) is 1. The molecule has 2 aromatic rings. The lowest BCUT2D eigenvalue weighted by atomic mass is 10.2. The lowest BCUT2D eigenvalue weighted by molar-refractivity contribution is -0.384. The van der Waals surface area contributed by atoms with Crippen LogP contribution in [-0.4, -0.2) is 33.7 Å². The summed E-state index contributed by atoms with van der Waals surface area (Å²) in [6.45, 7) is 2.53. The highest BCUT2D eigenvalue weighted by molar-refractivity contribution is 14.1. The van der Waals surface area contributed by atoms with Gasteiger partial charge in [-0.05, 0) is 36.4 Å². The standard InChI is InChI=1S/C16H16IN3O3/c17-16-11-18(12-1-3-14(4-2-12)20(22)23)9-10-19(16)13-5-7-15(21)8-6-13/h1-8,16,21H,9-11H2. The third-order valence-electron chi connectivity index (χ3n) is 3.93. The Morgan fingerprint density at radius 2 is 1.65 bits per heavy atom. The first-order valence-electron chi connectivity index (χ1n) is 7.24. The van der Waals surface area contributed by atoms with Crippen molar-refractivity contribution in [2.75, 3.05) is 29.4 Å². The van der Waals surface area contributed by atoms with Crippen molar-refractivity contribution < 1.29 is 10.0 Å². The number of rotatable bonds is 3. The van der Waals surface area contributed by atoms with Crippen molar-refractivity contribution in [3.8, 4) is 5.75 Å². The molecule has 1 aliphatic heterocycles. The third kappa shape index (κ3) is 3.49. The number of halogens is 1. The van der Waals surface area contributed by atoms with Crippen molar-refractivity contribution >= 4 is 39.7 Å². The average molecular weight is 425 g/mol. The molecule has 0 radical (unpaired) electrons. The monoisotopic (exact) mass is 425 g/mol. The van der Waals surface area contributed by atoms with Gasteiger partial charge in [0.05, 0.1) is 8.97 Å². The van der Waals surface area contributed by atoms with Gasteiger partial charge in [0.15, 0.2) is 0 Å². The first-order valence-corrected chi connectivity index (χ1v) is 8.48. The maximum absolute atomic E-state index is 10.7. The number of hydrogen-bond acceptors (Lipinski definition) is 5. The number of benzene rings is 2. The molecule has 23 heavy (non-hydrogen) atoms. The Kier molecular flexibility index (Phi) is 4.56. The molecule has 1 saturated heterocycles. The topological polar surface area (TPSA) is 69.9 Å². The van der Waals surface area contributed by atoms with E-state index >= 15 is 0 Å². The van der Waals surface area contributed by atoms with Crippen molar-refractivity contribution in [3.05, 3.63) is 58.6 Å². The van der Waals surface area contributed by atoms with Gasteiger partial charge >= 0.3 is 0 Å². The Morgan fingerprint density at radius 3 is 2.22 bits per heavy atom. The summed E-state index contributed by atoms with van der Waals surface area (Å²) in [5, 5.41) is 20.1. The molecular weight excluding hydrogens is 409 g/mol. The van der Waals surface area contributed by atoms with Crippen molar-refractivity contribution in [2.45, 2.75) is 4.05 Å². The zero-order chi connectivity index (χ0) is 16.4. The number of alkyl halides is 1. The van der Waals surface area contributed by atoms with E-state index in [0.29, 0.717) is 0 Å². The summed E-state index contributed by atoms with van der Waals surface area (Å²) in [7, 11) is 0. The molecule has 0 bridgehead atoms. The Hall–Kier alpha value is -2.03. The van der Waals surface area contributed by atoms with Gasteiger partial charge in [-0.2, -0.15) is 0 Å². The molecule has 1 heterocycles.